The molecule has 0 saturated heterocycles. The van der Waals surface area contributed by atoms with Crippen molar-refractivity contribution in [3.05, 3.63) is 41.0 Å². The third-order valence-electron chi connectivity index (χ3n) is 2.72. The van der Waals surface area contributed by atoms with E-state index in [1.54, 1.807) is 6.08 Å². The minimum absolute atomic E-state index is 0.352. The summed E-state index contributed by atoms with van der Waals surface area (Å²) in [5, 5.41) is 0. The lowest BCUT2D eigenvalue weighted by atomic mass is 10.0. The lowest BCUT2D eigenvalue weighted by Crippen LogP contribution is -2.06. The second-order valence-corrected chi connectivity index (χ2v) is 3.67. The van der Waals surface area contributed by atoms with Gasteiger partial charge < -0.3 is 5.73 Å². The third-order valence-corrected chi connectivity index (χ3v) is 2.72. The van der Waals surface area contributed by atoms with E-state index in [-0.39, 0.29) is 5.91 Å². The number of rotatable bonds is 1. The summed E-state index contributed by atoms with van der Waals surface area (Å²) in [6.07, 6.45) is 3.51. The second-order valence-electron chi connectivity index (χ2n) is 3.67. The molecule has 0 fully saturated rings. The van der Waals surface area contributed by atoms with Crippen LogP contribution in [0, 0.1) is 6.92 Å². The minimum Gasteiger partial charge on any atom is -0.366 e. The number of allylic oxidation sites excluding steroid dienone is 1. The van der Waals surface area contributed by atoms with Crippen molar-refractivity contribution in [3.63, 3.8) is 0 Å². The number of benzene rings is 1. The molecular weight excluding hydrogens is 174 g/mol. The Labute approximate surface area is 83.4 Å². The maximum atomic E-state index is 10.8. The first-order valence-corrected chi connectivity index (χ1v) is 4.77. The van der Waals surface area contributed by atoms with Gasteiger partial charge in [-0.2, -0.15) is 0 Å². The highest BCUT2D eigenvalue weighted by molar-refractivity contribution is 5.95. The van der Waals surface area contributed by atoms with Crippen LogP contribution in [0.4, 0.5) is 0 Å². The summed E-state index contributed by atoms with van der Waals surface area (Å²) in [5.41, 5.74) is 10.1. The standard InChI is InChI=1S/C12H13NO/c1-8-3-2-4-11-9(7-12(13)14)5-6-10(8)11/h2-4,7H,5-6H2,1H3,(H2,13,14)/b9-7+. The van der Waals surface area contributed by atoms with Crippen molar-refractivity contribution in [2.45, 2.75) is 19.8 Å². The van der Waals surface area contributed by atoms with E-state index in [2.05, 4.69) is 19.1 Å². The topological polar surface area (TPSA) is 43.1 Å². The smallest absolute Gasteiger partial charge is 0.241 e. The van der Waals surface area contributed by atoms with Crippen molar-refractivity contribution in [2.24, 2.45) is 5.73 Å². The number of hydrogen-bond donors (Lipinski definition) is 1. The number of nitrogens with two attached hydrogens (primary N) is 1. The molecule has 1 aromatic rings. The Balaban J connectivity index is 2.50. The quantitative estimate of drug-likeness (QED) is 0.669. The fraction of sp³-hybridized carbons (Fsp3) is 0.250. The van der Waals surface area contributed by atoms with Gasteiger partial charge in [-0.05, 0) is 42.0 Å². The number of fused-ring (bicyclic) bond motifs is 1. The molecule has 0 saturated carbocycles. The Bertz CT molecular complexity index is 418. The fourth-order valence-corrected chi connectivity index (χ4v) is 2.05. The van der Waals surface area contributed by atoms with Crippen LogP contribution in [0.5, 0.6) is 0 Å². The van der Waals surface area contributed by atoms with Crippen molar-refractivity contribution in [1.29, 1.82) is 0 Å². The number of amides is 1. The van der Waals surface area contributed by atoms with Gasteiger partial charge in [0.2, 0.25) is 5.91 Å². The molecule has 14 heavy (non-hydrogen) atoms. The van der Waals surface area contributed by atoms with Gasteiger partial charge in [-0.15, -0.1) is 0 Å². The zero-order valence-electron chi connectivity index (χ0n) is 8.21. The summed E-state index contributed by atoms with van der Waals surface area (Å²) in [7, 11) is 0. The lowest BCUT2D eigenvalue weighted by molar-refractivity contribution is -0.113. The first-order valence-electron chi connectivity index (χ1n) is 4.77. The Morgan fingerprint density at radius 2 is 2.21 bits per heavy atom. The number of carbonyl (C=O) groups is 1. The molecule has 0 atom stereocenters. The van der Waals surface area contributed by atoms with E-state index in [1.807, 2.05) is 6.07 Å². The maximum Gasteiger partial charge on any atom is 0.241 e. The van der Waals surface area contributed by atoms with Gasteiger partial charge in [-0.1, -0.05) is 18.2 Å². The molecule has 2 rings (SSSR count). The number of carbonyl (C=O) groups excluding carboxylic acids is 1. The van der Waals surface area contributed by atoms with Crippen LogP contribution >= 0.6 is 0 Å². The minimum atomic E-state index is -0.352. The van der Waals surface area contributed by atoms with E-state index in [0.717, 1.165) is 18.4 Å². The average Bonchev–Trinajstić information content (AvgIpc) is 2.49. The first kappa shape index (κ1) is 9.00. The molecule has 1 amide bonds. The summed E-state index contributed by atoms with van der Waals surface area (Å²) >= 11 is 0. The van der Waals surface area contributed by atoms with Crippen LogP contribution in [0.25, 0.3) is 5.57 Å². The van der Waals surface area contributed by atoms with E-state index >= 15 is 0 Å². The molecule has 0 aliphatic heterocycles. The summed E-state index contributed by atoms with van der Waals surface area (Å²) in [4.78, 5) is 10.8. The van der Waals surface area contributed by atoms with Gasteiger partial charge in [0.25, 0.3) is 0 Å². The van der Waals surface area contributed by atoms with Crippen LogP contribution in [0.3, 0.4) is 0 Å². The van der Waals surface area contributed by atoms with E-state index in [0.29, 0.717) is 0 Å². The average molecular weight is 187 g/mol. The monoisotopic (exact) mass is 187 g/mol. The third kappa shape index (κ3) is 1.43. The molecular formula is C12H13NO. The van der Waals surface area contributed by atoms with Crippen LogP contribution in [0.1, 0.15) is 23.1 Å². The van der Waals surface area contributed by atoms with Crippen molar-refractivity contribution in [2.75, 3.05) is 0 Å². The van der Waals surface area contributed by atoms with E-state index in [1.165, 1.54) is 16.7 Å². The highest BCUT2D eigenvalue weighted by atomic mass is 16.1. The van der Waals surface area contributed by atoms with Crippen LogP contribution in [0.15, 0.2) is 24.3 Å². The Morgan fingerprint density at radius 3 is 2.93 bits per heavy atom. The van der Waals surface area contributed by atoms with Gasteiger partial charge in [0.15, 0.2) is 0 Å². The summed E-state index contributed by atoms with van der Waals surface area (Å²) in [6.45, 7) is 2.10. The molecule has 0 spiro atoms. The molecule has 2 nitrogen and oxygen atoms in total. The van der Waals surface area contributed by atoms with E-state index in [9.17, 15) is 4.79 Å². The van der Waals surface area contributed by atoms with Crippen molar-refractivity contribution in [1.82, 2.24) is 0 Å². The lowest BCUT2D eigenvalue weighted by Gasteiger charge is -2.02. The maximum absolute atomic E-state index is 10.8. The highest BCUT2D eigenvalue weighted by Gasteiger charge is 2.17. The van der Waals surface area contributed by atoms with Gasteiger partial charge in [0, 0.05) is 6.08 Å². The normalized spacial score (nSPS) is 17.1. The second kappa shape index (κ2) is 3.29. The van der Waals surface area contributed by atoms with Crippen molar-refractivity contribution < 1.29 is 4.79 Å². The SMILES string of the molecule is Cc1cccc2c1CC/C2=C\C(N)=O. The molecule has 0 radical (unpaired) electrons. The van der Waals surface area contributed by atoms with Crippen molar-refractivity contribution >= 4 is 11.5 Å². The molecule has 0 aromatic heterocycles. The molecule has 2 N–H and O–H groups in total. The zero-order chi connectivity index (χ0) is 10.1. The molecule has 1 aromatic carbocycles. The number of primary amides is 1. The van der Waals surface area contributed by atoms with Crippen LogP contribution in [-0.2, 0) is 11.2 Å². The van der Waals surface area contributed by atoms with Gasteiger partial charge >= 0.3 is 0 Å². The van der Waals surface area contributed by atoms with Crippen molar-refractivity contribution in [3.8, 4) is 0 Å². The molecule has 1 aliphatic carbocycles. The predicted molar refractivity (Wildman–Crippen MR) is 56.7 cm³/mol. The molecule has 2 heteroatoms. The molecule has 0 heterocycles. The van der Waals surface area contributed by atoms with Crippen LogP contribution in [0.2, 0.25) is 0 Å². The Morgan fingerprint density at radius 1 is 1.43 bits per heavy atom. The zero-order valence-corrected chi connectivity index (χ0v) is 8.21. The molecule has 1 aliphatic rings. The Hall–Kier alpha value is -1.57. The first-order chi connectivity index (χ1) is 6.68. The van der Waals surface area contributed by atoms with E-state index < -0.39 is 0 Å². The van der Waals surface area contributed by atoms with Gasteiger partial charge in [0.1, 0.15) is 0 Å². The summed E-state index contributed by atoms with van der Waals surface area (Å²) in [5.74, 6) is -0.352. The van der Waals surface area contributed by atoms with Gasteiger partial charge in [0.05, 0.1) is 0 Å². The Kier molecular flexibility index (Phi) is 2.12. The predicted octanol–water partition coefficient (Wildman–Crippen LogP) is 1.81. The summed E-state index contributed by atoms with van der Waals surface area (Å²) < 4.78 is 0. The number of hydrogen-bond acceptors (Lipinski definition) is 1. The van der Waals surface area contributed by atoms with Gasteiger partial charge in [-0.25, -0.2) is 0 Å². The largest absolute Gasteiger partial charge is 0.366 e. The van der Waals surface area contributed by atoms with Crippen LogP contribution in [-0.4, -0.2) is 5.91 Å². The molecule has 0 unspecified atom stereocenters. The molecule has 0 bridgehead atoms. The fourth-order valence-electron chi connectivity index (χ4n) is 2.05. The van der Waals surface area contributed by atoms with E-state index in [4.69, 9.17) is 5.73 Å². The number of aryl methyl sites for hydroxylation is 1. The van der Waals surface area contributed by atoms with Crippen LogP contribution < -0.4 is 5.73 Å². The van der Waals surface area contributed by atoms with Gasteiger partial charge in [-0.3, -0.25) is 4.79 Å². The highest BCUT2D eigenvalue weighted by Crippen LogP contribution is 2.33. The molecule has 72 valence electrons. The summed E-state index contributed by atoms with van der Waals surface area (Å²) in [6, 6.07) is 6.18.